The standard InChI is InChI=1S/C8H7Cl2NO5S/c1-2-16-8-6(9)3-5(17(10,14)15)4-7(8)11(12)13/h3-4H,2H2,1H3. The Hall–Kier alpha value is -1.05. The number of nitrogens with zero attached hydrogens (tertiary/aromatic N) is 1. The van der Waals surface area contributed by atoms with E-state index >= 15 is 0 Å². The summed E-state index contributed by atoms with van der Waals surface area (Å²) in [4.78, 5) is 9.52. The molecule has 9 heteroatoms. The van der Waals surface area contributed by atoms with E-state index in [4.69, 9.17) is 27.0 Å². The van der Waals surface area contributed by atoms with E-state index in [0.717, 1.165) is 12.1 Å². The number of benzene rings is 1. The predicted molar refractivity (Wildman–Crippen MR) is 62.3 cm³/mol. The van der Waals surface area contributed by atoms with Crippen LogP contribution in [-0.4, -0.2) is 19.9 Å². The van der Waals surface area contributed by atoms with Crippen LogP contribution in [0.15, 0.2) is 17.0 Å². The van der Waals surface area contributed by atoms with Crippen molar-refractivity contribution in [2.75, 3.05) is 6.61 Å². The molecule has 0 heterocycles. The van der Waals surface area contributed by atoms with Crippen molar-refractivity contribution in [1.29, 1.82) is 0 Å². The van der Waals surface area contributed by atoms with Crippen LogP contribution in [-0.2, 0) is 9.05 Å². The number of rotatable bonds is 4. The molecule has 0 radical (unpaired) electrons. The fourth-order valence-electron chi connectivity index (χ4n) is 1.12. The number of nitro groups is 1. The van der Waals surface area contributed by atoms with Crippen molar-refractivity contribution < 1.29 is 18.1 Å². The van der Waals surface area contributed by atoms with Gasteiger partial charge >= 0.3 is 5.69 Å². The first-order valence-electron chi connectivity index (χ1n) is 4.32. The first kappa shape index (κ1) is 14.0. The molecule has 0 N–H and O–H groups in total. The lowest BCUT2D eigenvalue weighted by molar-refractivity contribution is -0.386. The van der Waals surface area contributed by atoms with Crippen LogP contribution in [0.5, 0.6) is 5.75 Å². The van der Waals surface area contributed by atoms with Gasteiger partial charge in [-0.15, -0.1) is 0 Å². The normalized spacial score (nSPS) is 11.2. The van der Waals surface area contributed by atoms with Crippen LogP contribution in [0.25, 0.3) is 0 Å². The molecule has 0 aromatic heterocycles. The minimum atomic E-state index is -4.09. The molecule has 0 spiro atoms. The topological polar surface area (TPSA) is 86.5 Å². The van der Waals surface area contributed by atoms with Gasteiger partial charge in [-0.05, 0) is 13.0 Å². The van der Waals surface area contributed by atoms with Crippen molar-refractivity contribution in [3.05, 3.63) is 27.3 Å². The molecule has 0 amide bonds. The van der Waals surface area contributed by atoms with Gasteiger partial charge in [0.15, 0.2) is 0 Å². The lowest BCUT2D eigenvalue weighted by atomic mass is 10.3. The highest BCUT2D eigenvalue weighted by Crippen LogP contribution is 2.38. The molecule has 0 aliphatic heterocycles. The second kappa shape index (κ2) is 5.07. The Kier molecular flexibility index (Phi) is 4.18. The second-order valence-corrected chi connectivity index (χ2v) is 5.85. The molecule has 1 rings (SSSR count). The van der Waals surface area contributed by atoms with Crippen molar-refractivity contribution in [2.24, 2.45) is 0 Å². The largest absolute Gasteiger partial charge is 0.486 e. The highest BCUT2D eigenvalue weighted by Gasteiger charge is 2.24. The lowest BCUT2D eigenvalue weighted by Gasteiger charge is -2.07. The molecule has 0 fully saturated rings. The molecule has 0 saturated heterocycles. The molecule has 17 heavy (non-hydrogen) atoms. The summed E-state index contributed by atoms with van der Waals surface area (Å²) in [5.41, 5.74) is -0.543. The molecule has 0 aliphatic rings. The van der Waals surface area contributed by atoms with Crippen molar-refractivity contribution in [1.82, 2.24) is 0 Å². The Balaban J connectivity index is 3.52. The van der Waals surface area contributed by atoms with Gasteiger partial charge in [-0.1, -0.05) is 11.6 Å². The summed E-state index contributed by atoms with van der Waals surface area (Å²) in [5, 5.41) is 10.6. The zero-order valence-electron chi connectivity index (χ0n) is 8.51. The fourth-order valence-corrected chi connectivity index (χ4v) is 2.23. The fraction of sp³-hybridized carbons (Fsp3) is 0.250. The summed E-state index contributed by atoms with van der Waals surface area (Å²) in [7, 11) is 1.00. The second-order valence-electron chi connectivity index (χ2n) is 2.88. The maximum atomic E-state index is 11.1. The monoisotopic (exact) mass is 299 g/mol. The van der Waals surface area contributed by atoms with Gasteiger partial charge in [-0.3, -0.25) is 10.1 Å². The number of nitro benzene ring substituents is 1. The van der Waals surface area contributed by atoms with Crippen LogP contribution in [0.1, 0.15) is 6.92 Å². The molecule has 0 unspecified atom stereocenters. The highest BCUT2D eigenvalue weighted by molar-refractivity contribution is 8.13. The number of ether oxygens (including phenoxy) is 1. The summed E-state index contributed by atoms with van der Waals surface area (Å²) in [6.45, 7) is 1.78. The van der Waals surface area contributed by atoms with Crippen LogP contribution in [0.2, 0.25) is 5.02 Å². The Labute approximate surface area is 107 Å². The maximum absolute atomic E-state index is 11.1. The lowest BCUT2D eigenvalue weighted by Crippen LogP contribution is -2.01. The van der Waals surface area contributed by atoms with E-state index in [1.165, 1.54) is 0 Å². The molecule has 94 valence electrons. The number of hydrogen-bond donors (Lipinski definition) is 0. The summed E-state index contributed by atoms with van der Waals surface area (Å²) in [5.74, 6) is -0.178. The third-order valence-electron chi connectivity index (χ3n) is 1.76. The quantitative estimate of drug-likeness (QED) is 0.484. The third-order valence-corrected chi connectivity index (χ3v) is 3.38. The van der Waals surface area contributed by atoms with Gasteiger partial charge in [-0.2, -0.15) is 0 Å². The Morgan fingerprint density at radius 3 is 2.47 bits per heavy atom. The van der Waals surface area contributed by atoms with Gasteiger partial charge in [0.1, 0.15) is 0 Å². The third kappa shape index (κ3) is 3.21. The average molecular weight is 300 g/mol. The zero-order valence-corrected chi connectivity index (χ0v) is 10.8. The van der Waals surface area contributed by atoms with Gasteiger partial charge in [0.25, 0.3) is 9.05 Å². The molecule has 0 atom stereocenters. The summed E-state index contributed by atoms with van der Waals surface area (Å²) >= 11 is 5.71. The van der Waals surface area contributed by atoms with Crippen LogP contribution in [0.3, 0.4) is 0 Å². The van der Waals surface area contributed by atoms with Gasteiger partial charge in [0.05, 0.1) is 21.4 Å². The van der Waals surface area contributed by atoms with E-state index in [-0.39, 0.29) is 17.4 Å². The smallest absolute Gasteiger partial charge is 0.313 e. The molecule has 0 bridgehead atoms. The highest BCUT2D eigenvalue weighted by atomic mass is 35.7. The van der Waals surface area contributed by atoms with E-state index in [1.54, 1.807) is 6.92 Å². The van der Waals surface area contributed by atoms with E-state index in [0.29, 0.717) is 0 Å². The first-order valence-corrected chi connectivity index (χ1v) is 7.01. The molecule has 1 aromatic carbocycles. The van der Waals surface area contributed by atoms with Gasteiger partial charge in [0.2, 0.25) is 5.75 Å². The molecule has 0 aliphatic carbocycles. The minimum absolute atomic E-state index is 0.160. The van der Waals surface area contributed by atoms with Gasteiger partial charge in [0, 0.05) is 16.7 Å². The average Bonchev–Trinajstić information content (AvgIpc) is 2.18. The van der Waals surface area contributed by atoms with Crippen LogP contribution >= 0.6 is 22.3 Å². The SMILES string of the molecule is CCOc1c(Cl)cc(S(=O)(=O)Cl)cc1[N+](=O)[O-]. The molecular weight excluding hydrogens is 293 g/mol. The Bertz CT molecular complexity index is 557. The summed E-state index contributed by atoms with van der Waals surface area (Å²) in [6.07, 6.45) is 0. The van der Waals surface area contributed by atoms with E-state index < -0.39 is 24.6 Å². The zero-order chi connectivity index (χ0) is 13.2. The van der Waals surface area contributed by atoms with Crippen molar-refractivity contribution in [2.45, 2.75) is 11.8 Å². The summed E-state index contributed by atoms with van der Waals surface area (Å²) < 4.78 is 27.1. The molecular formula is C8H7Cl2NO5S. The van der Waals surface area contributed by atoms with Gasteiger partial charge < -0.3 is 4.74 Å². The van der Waals surface area contributed by atoms with Crippen molar-refractivity contribution in [3.8, 4) is 5.75 Å². The molecule has 1 aromatic rings. The van der Waals surface area contributed by atoms with Crippen molar-refractivity contribution >= 4 is 37.0 Å². The van der Waals surface area contributed by atoms with E-state index in [2.05, 4.69) is 0 Å². The first-order chi connectivity index (χ1) is 7.77. The predicted octanol–water partition coefficient (Wildman–Crippen LogP) is 2.57. The van der Waals surface area contributed by atoms with Crippen LogP contribution in [0.4, 0.5) is 5.69 Å². The molecule has 0 saturated carbocycles. The van der Waals surface area contributed by atoms with Crippen LogP contribution < -0.4 is 4.74 Å². The number of halogens is 2. The van der Waals surface area contributed by atoms with E-state index in [1.807, 2.05) is 0 Å². The Morgan fingerprint density at radius 2 is 2.06 bits per heavy atom. The van der Waals surface area contributed by atoms with Crippen molar-refractivity contribution in [3.63, 3.8) is 0 Å². The van der Waals surface area contributed by atoms with Crippen LogP contribution in [0, 0.1) is 10.1 Å². The Morgan fingerprint density at radius 1 is 1.47 bits per heavy atom. The van der Waals surface area contributed by atoms with Gasteiger partial charge in [-0.25, -0.2) is 8.42 Å². The minimum Gasteiger partial charge on any atom is -0.486 e. The van der Waals surface area contributed by atoms with E-state index in [9.17, 15) is 18.5 Å². The maximum Gasteiger partial charge on any atom is 0.313 e. The molecule has 6 nitrogen and oxygen atoms in total. The number of hydrogen-bond acceptors (Lipinski definition) is 5. The summed E-state index contributed by atoms with van der Waals surface area (Å²) in [6, 6.07) is 1.81.